The Labute approximate surface area is 188 Å². The van der Waals surface area contributed by atoms with Crippen molar-refractivity contribution in [3.05, 3.63) is 47.2 Å². The molecule has 172 valence electrons. The van der Waals surface area contributed by atoms with E-state index in [9.17, 15) is 13.9 Å². The molecule has 0 aliphatic carbocycles. The zero-order valence-corrected chi connectivity index (χ0v) is 18.6. The third-order valence-electron chi connectivity index (χ3n) is 5.56. The molecule has 6 N–H and O–H groups in total. The Balaban J connectivity index is 1.57. The SMILES string of the molecule is Cc1ccc(F)c(-c2nc(C(O)Nc3cnn(C)c3[C@@H]3CC[C@@H](N)[C@@H](F)CO3)c(N)s2)c1. The lowest BCUT2D eigenvalue weighted by Crippen LogP contribution is -2.32. The number of nitrogens with two attached hydrogens (primary N) is 2. The van der Waals surface area contributed by atoms with Crippen molar-refractivity contribution in [2.24, 2.45) is 12.8 Å². The zero-order chi connectivity index (χ0) is 23.0. The first-order valence-corrected chi connectivity index (χ1v) is 11.1. The normalized spacial score (nSPS) is 22.5. The van der Waals surface area contributed by atoms with Crippen molar-refractivity contribution < 1.29 is 18.6 Å². The molecule has 3 aromatic rings. The van der Waals surface area contributed by atoms with Gasteiger partial charge in [-0.1, -0.05) is 23.0 Å². The number of rotatable bonds is 5. The molecule has 1 saturated heterocycles. The van der Waals surface area contributed by atoms with Crippen molar-refractivity contribution >= 4 is 22.0 Å². The number of anilines is 2. The van der Waals surface area contributed by atoms with Crippen molar-refractivity contribution in [3.8, 4) is 10.6 Å². The lowest BCUT2D eigenvalue weighted by molar-refractivity contribution is 0.0246. The van der Waals surface area contributed by atoms with Crippen LogP contribution in [0.1, 0.15) is 42.1 Å². The summed E-state index contributed by atoms with van der Waals surface area (Å²) in [6.45, 7) is 1.75. The number of halogens is 2. The van der Waals surface area contributed by atoms with Gasteiger partial charge in [0, 0.05) is 18.7 Å². The number of thiazole rings is 1. The standard InChI is InChI=1S/C21H26F2N6O2S/c1-10-3-4-12(22)11(7-10)21-28-17(19(25)32-21)20(30)27-15-8-26-29(2)18(15)16-6-5-14(24)13(23)9-31-16/h3-4,7-8,13-14,16,20,27,30H,5-6,9,24-25H2,1-2H3/t13-,14+,16-,20?/m0/s1. The molecule has 1 aliphatic heterocycles. The first-order valence-electron chi connectivity index (χ1n) is 10.2. The van der Waals surface area contributed by atoms with Gasteiger partial charge in [0.2, 0.25) is 0 Å². The minimum atomic E-state index is -1.27. The molecule has 1 unspecified atom stereocenters. The maximum atomic E-state index is 14.3. The number of aryl methyl sites for hydroxylation is 2. The van der Waals surface area contributed by atoms with Crippen LogP contribution in [0.25, 0.3) is 10.6 Å². The number of hydrogen-bond acceptors (Lipinski definition) is 8. The Bertz CT molecular complexity index is 1090. The van der Waals surface area contributed by atoms with E-state index >= 15 is 0 Å². The first kappa shape index (κ1) is 22.6. The van der Waals surface area contributed by atoms with Crippen molar-refractivity contribution in [1.29, 1.82) is 0 Å². The summed E-state index contributed by atoms with van der Waals surface area (Å²) in [7, 11) is 1.74. The molecule has 32 heavy (non-hydrogen) atoms. The molecule has 1 aliphatic rings. The van der Waals surface area contributed by atoms with Crippen LogP contribution >= 0.6 is 11.3 Å². The number of nitrogen functional groups attached to an aromatic ring is 1. The fourth-order valence-corrected chi connectivity index (χ4v) is 4.65. The van der Waals surface area contributed by atoms with Gasteiger partial charge in [0.15, 0.2) is 6.23 Å². The molecular weight excluding hydrogens is 438 g/mol. The van der Waals surface area contributed by atoms with Gasteiger partial charge in [-0.15, -0.1) is 0 Å². The minimum absolute atomic E-state index is 0.108. The summed E-state index contributed by atoms with van der Waals surface area (Å²) in [4.78, 5) is 4.38. The highest BCUT2D eigenvalue weighted by molar-refractivity contribution is 7.18. The average molecular weight is 465 g/mol. The molecule has 1 aromatic carbocycles. The highest BCUT2D eigenvalue weighted by atomic mass is 32.1. The van der Waals surface area contributed by atoms with Crippen LogP contribution < -0.4 is 16.8 Å². The second-order valence-electron chi connectivity index (χ2n) is 7.94. The number of aromatic nitrogens is 3. The Morgan fingerprint density at radius 1 is 1.38 bits per heavy atom. The van der Waals surface area contributed by atoms with Crippen LogP contribution in [0.4, 0.5) is 19.5 Å². The van der Waals surface area contributed by atoms with E-state index in [-0.39, 0.29) is 17.3 Å². The van der Waals surface area contributed by atoms with Crippen LogP contribution in [-0.2, 0) is 11.8 Å². The molecule has 4 atom stereocenters. The molecule has 0 spiro atoms. The van der Waals surface area contributed by atoms with E-state index in [0.29, 0.717) is 34.8 Å². The Hall–Kier alpha value is -2.60. The van der Waals surface area contributed by atoms with E-state index in [2.05, 4.69) is 15.4 Å². The summed E-state index contributed by atoms with van der Waals surface area (Å²) in [5, 5.41) is 18.7. The fourth-order valence-electron chi connectivity index (χ4n) is 3.77. The van der Waals surface area contributed by atoms with Gasteiger partial charge in [0.1, 0.15) is 33.8 Å². The molecule has 0 bridgehead atoms. The number of hydrogen-bond donors (Lipinski definition) is 4. The number of benzene rings is 1. The van der Waals surface area contributed by atoms with Gasteiger partial charge in [0.05, 0.1) is 24.2 Å². The Kier molecular flexibility index (Phi) is 6.42. The van der Waals surface area contributed by atoms with Gasteiger partial charge in [-0.2, -0.15) is 5.10 Å². The van der Waals surface area contributed by atoms with E-state index < -0.39 is 30.4 Å². The van der Waals surface area contributed by atoms with Crippen molar-refractivity contribution in [1.82, 2.24) is 14.8 Å². The molecule has 0 saturated carbocycles. The monoisotopic (exact) mass is 464 g/mol. The highest BCUT2D eigenvalue weighted by Crippen LogP contribution is 2.37. The number of ether oxygens (including phenoxy) is 1. The first-order chi connectivity index (χ1) is 15.2. The van der Waals surface area contributed by atoms with Crippen molar-refractivity contribution in [2.75, 3.05) is 17.7 Å². The summed E-state index contributed by atoms with van der Waals surface area (Å²) in [5.41, 5.74) is 14.5. The Morgan fingerprint density at radius 2 is 2.16 bits per heavy atom. The molecule has 3 heterocycles. The fraction of sp³-hybridized carbons (Fsp3) is 0.429. The van der Waals surface area contributed by atoms with Crippen LogP contribution in [0.3, 0.4) is 0 Å². The van der Waals surface area contributed by atoms with E-state index in [0.717, 1.165) is 16.9 Å². The Morgan fingerprint density at radius 3 is 2.94 bits per heavy atom. The molecule has 1 fully saturated rings. The largest absolute Gasteiger partial charge is 0.389 e. The summed E-state index contributed by atoms with van der Waals surface area (Å²) in [5.74, 6) is -0.414. The number of alkyl halides is 1. The summed E-state index contributed by atoms with van der Waals surface area (Å²) in [6.07, 6.45) is -0.411. The van der Waals surface area contributed by atoms with E-state index in [1.54, 1.807) is 30.1 Å². The lowest BCUT2D eigenvalue weighted by Gasteiger charge is -2.19. The van der Waals surface area contributed by atoms with Crippen LogP contribution in [0.5, 0.6) is 0 Å². The average Bonchev–Trinajstić information content (AvgIpc) is 3.27. The number of nitrogens with zero attached hydrogens (tertiary/aromatic N) is 3. The van der Waals surface area contributed by atoms with Gasteiger partial charge in [0.25, 0.3) is 0 Å². The summed E-state index contributed by atoms with van der Waals surface area (Å²) >= 11 is 1.10. The number of nitrogens with one attached hydrogen (secondary N) is 1. The van der Waals surface area contributed by atoms with Crippen LogP contribution in [-0.4, -0.2) is 38.7 Å². The van der Waals surface area contributed by atoms with Gasteiger partial charge >= 0.3 is 0 Å². The number of aliphatic hydroxyl groups is 1. The third kappa shape index (κ3) is 4.46. The quantitative estimate of drug-likeness (QED) is 0.428. The molecule has 0 amide bonds. The predicted molar refractivity (Wildman–Crippen MR) is 119 cm³/mol. The maximum absolute atomic E-state index is 14.3. The molecule has 2 aromatic heterocycles. The molecule has 11 heteroatoms. The molecular formula is C21H26F2N6O2S. The van der Waals surface area contributed by atoms with Gasteiger partial charge in [-0.25, -0.2) is 13.8 Å². The van der Waals surface area contributed by atoms with E-state index in [1.165, 1.54) is 6.07 Å². The van der Waals surface area contributed by atoms with E-state index in [4.69, 9.17) is 16.2 Å². The van der Waals surface area contributed by atoms with Crippen LogP contribution in [0.2, 0.25) is 0 Å². The molecule has 0 radical (unpaired) electrons. The number of aliphatic hydroxyl groups excluding tert-OH is 1. The predicted octanol–water partition coefficient (Wildman–Crippen LogP) is 3.19. The minimum Gasteiger partial charge on any atom is -0.389 e. The zero-order valence-electron chi connectivity index (χ0n) is 17.8. The van der Waals surface area contributed by atoms with Crippen molar-refractivity contribution in [2.45, 2.75) is 44.3 Å². The van der Waals surface area contributed by atoms with Gasteiger partial charge in [-0.05, 0) is 31.9 Å². The van der Waals surface area contributed by atoms with Gasteiger partial charge in [-0.3, -0.25) is 4.68 Å². The van der Waals surface area contributed by atoms with E-state index in [1.807, 2.05) is 6.92 Å². The topological polar surface area (TPSA) is 124 Å². The summed E-state index contributed by atoms with van der Waals surface area (Å²) < 4.78 is 35.6. The molecule has 8 nitrogen and oxygen atoms in total. The van der Waals surface area contributed by atoms with Gasteiger partial charge < -0.3 is 26.6 Å². The lowest BCUT2D eigenvalue weighted by atomic mass is 10.0. The second-order valence-corrected chi connectivity index (χ2v) is 8.98. The van der Waals surface area contributed by atoms with Crippen LogP contribution in [0.15, 0.2) is 24.4 Å². The molecule has 4 rings (SSSR count). The second kappa shape index (κ2) is 9.10. The van der Waals surface area contributed by atoms with Crippen molar-refractivity contribution in [3.63, 3.8) is 0 Å². The third-order valence-corrected chi connectivity index (χ3v) is 6.49. The summed E-state index contributed by atoms with van der Waals surface area (Å²) in [6, 6.07) is 4.15. The van der Waals surface area contributed by atoms with Crippen LogP contribution in [0, 0.1) is 12.7 Å². The maximum Gasteiger partial charge on any atom is 0.171 e. The highest BCUT2D eigenvalue weighted by Gasteiger charge is 2.30. The smallest absolute Gasteiger partial charge is 0.171 e.